The zero-order chi connectivity index (χ0) is 15.5. The number of para-hydroxylation sites is 1. The number of nitrogens with zero attached hydrogens (tertiary/aromatic N) is 4. The third-order valence-electron chi connectivity index (χ3n) is 3.68. The van der Waals surface area contributed by atoms with Gasteiger partial charge in [0.2, 0.25) is 5.95 Å². The topological polar surface area (TPSA) is 117 Å². The summed E-state index contributed by atoms with van der Waals surface area (Å²) in [4.78, 5) is 10.4. The van der Waals surface area contributed by atoms with Gasteiger partial charge in [-0.25, -0.2) is 4.98 Å². The summed E-state index contributed by atoms with van der Waals surface area (Å²) >= 11 is 0. The van der Waals surface area contributed by atoms with Crippen molar-refractivity contribution in [3.8, 4) is 17.3 Å². The van der Waals surface area contributed by atoms with Crippen molar-refractivity contribution in [1.29, 1.82) is 5.26 Å². The molecule has 0 unspecified atom stereocenters. The lowest BCUT2D eigenvalue weighted by atomic mass is 10.0. The fourth-order valence-corrected chi connectivity index (χ4v) is 2.66. The van der Waals surface area contributed by atoms with E-state index in [0.717, 1.165) is 37.4 Å². The van der Waals surface area contributed by atoms with Crippen molar-refractivity contribution in [1.82, 2.24) is 15.3 Å². The maximum Gasteiger partial charge on any atom is 0.222 e. The van der Waals surface area contributed by atoms with E-state index < -0.39 is 0 Å². The monoisotopic (exact) mass is 295 g/mol. The van der Waals surface area contributed by atoms with Crippen LogP contribution in [0.25, 0.3) is 11.3 Å². The maximum atomic E-state index is 9.38. The van der Waals surface area contributed by atoms with Crippen LogP contribution in [-0.4, -0.2) is 36.1 Å². The fourth-order valence-electron chi connectivity index (χ4n) is 2.66. The van der Waals surface area contributed by atoms with Crippen molar-refractivity contribution in [3.63, 3.8) is 0 Å². The highest BCUT2D eigenvalue weighted by Crippen LogP contribution is 2.33. The molecule has 112 valence electrons. The van der Waals surface area contributed by atoms with Crippen molar-refractivity contribution >= 4 is 17.5 Å². The van der Waals surface area contributed by atoms with Gasteiger partial charge in [0.05, 0.1) is 5.69 Å². The molecule has 1 aromatic carbocycles. The second kappa shape index (κ2) is 5.87. The molecule has 3 rings (SSSR count). The lowest BCUT2D eigenvalue weighted by Crippen LogP contribution is -2.43. The van der Waals surface area contributed by atoms with Crippen molar-refractivity contribution in [3.05, 3.63) is 29.8 Å². The Morgan fingerprint density at radius 1 is 1.14 bits per heavy atom. The second-order valence-electron chi connectivity index (χ2n) is 5.06. The molecular formula is C15H17N7. The van der Waals surface area contributed by atoms with E-state index >= 15 is 0 Å². The minimum Gasteiger partial charge on any atom is -0.382 e. The number of anilines is 3. The minimum absolute atomic E-state index is 0.0709. The molecule has 0 saturated carbocycles. The number of nitrogens with two attached hydrogens (primary N) is 2. The van der Waals surface area contributed by atoms with Crippen LogP contribution in [0.4, 0.5) is 17.5 Å². The number of hydrogen-bond acceptors (Lipinski definition) is 7. The van der Waals surface area contributed by atoms with Gasteiger partial charge in [0.1, 0.15) is 17.5 Å². The van der Waals surface area contributed by atoms with Crippen molar-refractivity contribution in [2.45, 2.75) is 0 Å². The van der Waals surface area contributed by atoms with E-state index in [0.29, 0.717) is 5.69 Å². The molecule has 0 bridgehead atoms. The van der Waals surface area contributed by atoms with Crippen LogP contribution in [0.2, 0.25) is 0 Å². The van der Waals surface area contributed by atoms with E-state index in [1.165, 1.54) is 0 Å². The maximum absolute atomic E-state index is 9.38. The molecule has 1 aromatic heterocycles. The van der Waals surface area contributed by atoms with E-state index in [9.17, 15) is 5.26 Å². The Labute approximate surface area is 128 Å². The summed E-state index contributed by atoms with van der Waals surface area (Å²) in [6, 6.07) is 9.92. The molecule has 1 fully saturated rings. The Balaban J connectivity index is 2.15. The van der Waals surface area contributed by atoms with Gasteiger partial charge in [0.15, 0.2) is 0 Å². The average molecular weight is 295 g/mol. The van der Waals surface area contributed by atoms with Gasteiger partial charge in [-0.15, -0.1) is 0 Å². The smallest absolute Gasteiger partial charge is 0.222 e. The van der Waals surface area contributed by atoms with Gasteiger partial charge in [-0.05, 0) is 6.07 Å². The van der Waals surface area contributed by atoms with Crippen molar-refractivity contribution in [2.75, 3.05) is 42.5 Å². The molecule has 7 nitrogen and oxygen atoms in total. The van der Waals surface area contributed by atoms with Gasteiger partial charge >= 0.3 is 0 Å². The van der Waals surface area contributed by atoms with Gasteiger partial charge < -0.3 is 21.7 Å². The van der Waals surface area contributed by atoms with Gasteiger partial charge in [-0.3, -0.25) is 0 Å². The van der Waals surface area contributed by atoms with Crippen LogP contribution >= 0.6 is 0 Å². The lowest BCUT2D eigenvalue weighted by Gasteiger charge is -2.31. The molecule has 0 radical (unpaired) electrons. The first-order chi connectivity index (χ1) is 10.7. The predicted molar refractivity (Wildman–Crippen MR) is 86.1 cm³/mol. The summed E-state index contributed by atoms with van der Waals surface area (Å²) < 4.78 is 0. The van der Waals surface area contributed by atoms with Crippen molar-refractivity contribution < 1.29 is 0 Å². The summed E-state index contributed by atoms with van der Waals surface area (Å²) in [6.07, 6.45) is 0. The SMILES string of the molecule is N#Cc1c(N)nc(N)nc1-c1ccccc1N1CCNCC1. The first kappa shape index (κ1) is 14.1. The first-order valence-electron chi connectivity index (χ1n) is 7.09. The van der Waals surface area contributed by atoms with Crippen LogP contribution in [-0.2, 0) is 0 Å². The molecule has 2 aromatic rings. The number of piperazine rings is 1. The second-order valence-corrected chi connectivity index (χ2v) is 5.06. The Morgan fingerprint density at radius 3 is 2.59 bits per heavy atom. The molecule has 1 aliphatic heterocycles. The first-order valence-corrected chi connectivity index (χ1v) is 7.09. The Kier molecular flexibility index (Phi) is 3.76. The summed E-state index contributed by atoms with van der Waals surface area (Å²) in [5, 5.41) is 12.7. The zero-order valence-corrected chi connectivity index (χ0v) is 12.1. The Morgan fingerprint density at radius 2 is 1.86 bits per heavy atom. The molecule has 5 N–H and O–H groups in total. The van der Waals surface area contributed by atoms with Crippen LogP contribution in [0.5, 0.6) is 0 Å². The number of nitrogens with one attached hydrogen (secondary N) is 1. The number of rotatable bonds is 2. The molecule has 7 heteroatoms. The number of hydrogen-bond donors (Lipinski definition) is 3. The average Bonchev–Trinajstić information content (AvgIpc) is 2.55. The molecular weight excluding hydrogens is 278 g/mol. The number of nitrogen functional groups attached to an aromatic ring is 2. The predicted octanol–water partition coefficient (Wildman–Crippen LogP) is 0.589. The number of nitriles is 1. The highest BCUT2D eigenvalue weighted by Gasteiger charge is 2.19. The van der Waals surface area contributed by atoms with E-state index in [1.54, 1.807) is 0 Å². The van der Waals surface area contributed by atoms with E-state index in [4.69, 9.17) is 11.5 Å². The van der Waals surface area contributed by atoms with Crippen LogP contribution in [0, 0.1) is 11.3 Å². The summed E-state index contributed by atoms with van der Waals surface area (Å²) in [7, 11) is 0. The standard InChI is InChI=1S/C15H17N7/c16-9-11-13(20-15(18)21-14(11)17)10-3-1-2-4-12(10)22-7-5-19-6-8-22/h1-4,19H,5-8H2,(H4,17,18,20,21). The summed E-state index contributed by atoms with van der Waals surface area (Å²) in [6.45, 7) is 3.64. The molecule has 2 heterocycles. The quantitative estimate of drug-likeness (QED) is 0.742. The molecule has 1 saturated heterocycles. The summed E-state index contributed by atoms with van der Waals surface area (Å²) in [5.74, 6) is 0.182. The van der Waals surface area contributed by atoms with Gasteiger partial charge in [-0.1, -0.05) is 18.2 Å². The third-order valence-corrected chi connectivity index (χ3v) is 3.68. The molecule has 0 aliphatic carbocycles. The van der Waals surface area contributed by atoms with E-state index in [1.807, 2.05) is 24.3 Å². The highest BCUT2D eigenvalue weighted by atomic mass is 15.2. The Bertz CT molecular complexity index is 729. The highest BCUT2D eigenvalue weighted by molar-refractivity contribution is 5.82. The third kappa shape index (κ3) is 2.52. The molecule has 0 amide bonds. The Hall–Kier alpha value is -2.85. The minimum atomic E-state index is 0.0709. The normalized spacial score (nSPS) is 14.6. The lowest BCUT2D eigenvalue weighted by molar-refractivity contribution is 0.589. The summed E-state index contributed by atoms with van der Waals surface area (Å²) in [5.41, 5.74) is 14.2. The molecule has 0 atom stereocenters. The van der Waals surface area contributed by atoms with E-state index in [-0.39, 0.29) is 17.3 Å². The van der Waals surface area contributed by atoms with Crippen LogP contribution in [0.3, 0.4) is 0 Å². The fraction of sp³-hybridized carbons (Fsp3) is 0.267. The van der Waals surface area contributed by atoms with E-state index in [2.05, 4.69) is 26.3 Å². The zero-order valence-electron chi connectivity index (χ0n) is 12.1. The van der Waals surface area contributed by atoms with Crippen molar-refractivity contribution in [2.24, 2.45) is 0 Å². The van der Waals surface area contributed by atoms with Gasteiger partial charge in [0.25, 0.3) is 0 Å². The molecule has 0 spiro atoms. The largest absolute Gasteiger partial charge is 0.382 e. The molecule has 1 aliphatic rings. The van der Waals surface area contributed by atoms with Gasteiger partial charge in [0, 0.05) is 37.4 Å². The van der Waals surface area contributed by atoms with Crippen LogP contribution in [0.15, 0.2) is 24.3 Å². The van der Waals surface area contributed by atoms with Gasteiger partial charge in [-0.2, -0.15) is 10.2 Å². The molecule has 22 heavy (non-hydrogen) atoms. The van der Waals surface area contributed by atoms with Crippen LogP contribution in [0.1, 0.15) is 5.56 Å². The number of benzene rings is 1. The van der Waals surface area contributed by atoms with Crippen LogP contribution < -0.4 is 21.7 Å². The number of aromatic nitrogens is 2.